The van der Waals surface area contributed by atoms with E-state index in [1.54, 1.807) is 0 Å². The lowest BCUT2D eigenvalue weighted by Gasteiger charge is -2.24. The van der Waals surface area contributed by atoms with Crippen LogP contribution >= 0.6 is 11.8 Å². The third-order valence-electron chi connectivity index (χ3n) is 3.30. The van der Waals surface area contributed by atoms with Crippen LogP contribution in [0, 0.1) is 0 Å². The molecule has 1 fully saturated rings. The highest BCUT2D eigenvalue weighted by Gasteiger charge is 2.15. The summed E-state index contributed by atoms with van der Waals surface area (Å²) in [6.45, 7) is 7.10. The van der Waals surface area contributed by atoms with Crippen molar-refractivity contribution >= 4 is 11.8 Å². The van der Waals surface area contributed by atoms with Gasteiger partial charge in [0.25, 0.3) is 0 Å². The first-order chi connectivity index (χ1) is 7.86. The van der Waals surface area contributed by atoms with Crippen molar-refractivity contribution in [2.75, 3.05) is 12.3 Å². The van der Waals surface area contributed by atoms with Gasteiger partial charge in [0.05, 0.1) is 0 Å². The van der Waals surface area contributed by atoms with Gasteiger partial charge in [0.15, 0.2) is 0 Å². The van der Waals surface area contributed by atoms with Crippen molar-refractivity contribution in [2.24, 2.45) is 0 Å². The molecule has 1 N–H and O–H groups in total. The van der Waals surface area contributed by atoms with E-state index in [9.17, 15) is 0 Å². The van der Waals surface area contributed by atoms with Crippen molar-refractivity contribution in [1.29, 1.82) is 0 Å². The van der Waals surface area contributed by atoms with Crippen molar-refractivity contribution in [1.82, 2.24) is 5.32 Å². The molecule has 0 saturated heterocycles. The second-order valence-electron chi connectivity index (χ2n) is 4.71. The number of allylic oxidation sites excluding steroid dienone is 1. The zero-order chi connectivity index (χ0) is 11.6. The van der Waals surface area contributed by atoms with Crippen LogP contribution in [-0.4, -0.2) is 23.6 Å². The van der Waals surface area contributed by atoms with Crippen molar-refractivity contribution in [3.05, 3.63) is 12.7 Å². The first-order valence-electron chi connectivity index (χ1n) is 6.82. The smallest absolute Gasteiger partial charge is 0.0161 e. The molecule has 1 aliphatic carbocycles. The van der Waals surface area contributed by atoms with Gasteiger partial charge >= 0.3 is 0 Å². The lowest BCUT2D eigenvalue weighted by Crippen LogP contribution is -2.31. The maximum absolute atomic E-state index is 3.81. The van der Waals surface area contributed by atoms with Crippen LogP contribution in [0.2, 0.25) is 0 Å². The van der Waals surface area contributed by atoms with Crippen molar-refractivity contribution in [2.45, 2.75) is 63.2 Å². The molecule has 1 rings (SSSR count). The number of nitrogens with one attached hydrogen (secondary N) is 1. The first kappa shape index (κ1) is 14.1. The monoisotopic (exact) mass is 241 g/mol. The van der Waals surface area contributed by atoms with Crippen LogP contribution in [0.3, 0.4) is 0 Å². The summed E-state index contributed by atoms with van der Waals surface area (Å²) in [5.41, 5.74) is 0. The number of thioether (sulfide) groups is 1. The van der Waals surface area contributed by atoms with Crippen molar-refractivity contribution < 1.29 is 0 Å². The zero-order valence-corrected chi connectivity index (χ0v) is 11.5. The predicted molar refractivity (Wildman–Crippen MR) is 76.2 cm³/mol. The Balaban J connectivity index is 2.16. The average molecular weight is 241 g/mol. The Bertz CT molecular complexity index is 176. The molecule has 0 amide bonds. The van der Waals surface area contributed by atoms with E-state index in [1.807, 2.05) is 6.08 Å². The largest absolute Gasteiger partial charge is 0.313 e. The summed E-state index contributed by atoms with van der Waals surface area (Å²) in [7, 11) is 0. The molecule has 0 aliphatic heterocycles. The van der Waals surface area contributed by atoms with Crippen molar-refractivity contribution in [3.8, 4) is 0 Å². The predicted octanol–water partition coefficient (Wildman–Crippen LogP) is 4.00. The van der Waals surface area contributed by atoms with E-state index in [2.05, 4.69) is 30.6 Å². The SMILES string of the molecule is C=CCCC(CSC1CCCCC1)NCC. The Labute approximate surface area is 105 Å². The van der Waals surface area contributed by atoms with Gasteiger partial charge in [0, 0.05) is 17.0 Å². The molecule has 0 radical (unpaired) electrons. The Morgan fingerprint density at radius 3 is 2.75 bits per heavy atom. The highest BCUT2D eigenvalue weighted by atomic mass is 32.2. The summed E-state index contributed by atoms with van der Waals surface area (Å²) in [6, 6.07) is 0.690. The highest BCUT2D eigenvalue weighted by molar-refractivity contribution is 7.99. The third kappa shape index (κ3) is 5.95. The van der Waals surface area contributed by atoms with Crippen molar-refractivity contribution in [3.63, 3.8) is 0 Å². The zero-order valence-electron chi connectivity index (χ0n) is 10.7. The van der Waals surface area contributed by atoms with E-state index in [0.717, 1.165) is 18.2 Å². The van der Waals surface area contributed by atoms with E-state index in [-0.39, 0.29) is 0 Å². The second-order valence-corrected chi connectivity index (χ2v) is 6.05. The minimum atomic E-state index is 0.690. The second kappa shape index (κ2) is 9.12. The van der Waals surface area contributed by atoms with E-state index in [4.69, 9.17) is 0 Å². The van der Waals surface area contributed by atoms with E-state index in [1.165, 1.54) is 44.3 Å². The van der Waals surface area contributed by atoms with Gasteiger partial charge in [-0.3, -0.25) is 0 Å². The van der Waals surface area contributed by atoms with Crippen LogP contribution in [0.25, 0.3) is 0 Å². The Hall–Kier alpha value is 0.0500. The molecule has 2 heteroatoms. The van der Waals surface area contributed by atoms with Gasteiger partial charge < -0.3 is 5.32 Å². The molecule has 1 unspecified atom stereocenters. The fourth-order valence-electron chi connectivity index (χ4n) is 2.34. The summed E-state index contributed by atoms with van der Waals surface area (Å²) in [4.78, 5) is 0. The lowest BCUT2D eigenvalue weighted by atomic mass is 10.0. The molecule has 0 bridgehead atoms. The standard InChI is InChI=1S/C14H27NS/c1-3-5-9-13(15-4-2)12-16-14-10-7-6-8-11-14/h3,13-15H,1,4-12H2,2H3. The topological polar surface area (TPSA) is 12.0 Å². The summed E-state index contributed by atoms with van der Waals surface area (Å²) in [5.74, 6) is 1.28. The molecule has 1 saturated carbocycles. The minimum absolute atomic E-state index is 0.690. The quantitative estimate of drug-likeness (QED) is 0.645. The van der Waals surface area contributed by atoms with Crippen LogP contribution in [0.15, 0.2) is 12.7 Å². The minimum Gasteiger partial charge on any atom is -0.313 e. The molecule has 0 aromatic carbocycles. The molecule has 0 aromatic heterocycles. The molecular formula is C14H27NS. The van der Waals surface area contributed by atoms with Crippen LogP contribution < -0.4 is 5.32 Å². The van der Waals surface area contributed by atoms with Gasteiger partial charge in [-0.2, -0.15) is 11.8 Å². The summed E-state index contributed by atoms with van der Waals surface area (Å²) < 4.78 is 0. The molecule has 1 nitrogen and oxygen atoms in total. The molecule has 1 aliphatic rings. The molecule has 94 valence electrons. The third-order valence-corrected chi connectivity index (χ3v) is 4.83. The maximum Gasteiger partial charge on any atom is 0.0161 e. The number of hydrogen-bond donors (Lipinski definition) is 1. The van der Waals surface area contributed by atoms with Gasteiger partial charge in [-0.25, -0.2) is 0 Å². The fourth-order valence-corrected chi connectivity index (χ4v) is 3.79. The normalized spacial score (nSPS) is 19.6. The number of rotatable bonds is 8. The van der Waals surface area contributed by atoms with Gasteiger partial charge in [0.2, 0.25) is 0 Å². The summed E-state index contributed by atoms with van der Waals surface area (Å²) in [6.07, 6.45) is 11.7. The first-order valence-corrected chi connectivity index (χ1v) is 7.87. The molecule has 16 heavy (non-hydrogen) atoms. The Morgan fingerprint density at radius 2 is 2.12 bits per heavy atom. The highest BCUT2D eigenvalue weighted by Crippen LogP contribution is 2.28. The molecule has 0 spiro atoms. The lowest BCUT2D eigenvalue weighted by molar-refractivity contribution is 0.510. The Morgan fingerprint density at radius 1 is 1.38 bits per heavy atom. The van der Waals surface area contributed by atoms with Crippen LogP contribution in [0.4, 0.5) is 0 Å². The molecule has 1 atom stereocenters. The van der Waals surface area contributed by atoms with Crippen LogP contribution in [0.1, 0.15) is 51.9 Å². The summed E-state index contributed by atoms with van der Waals surface area (Å²) >= 11 is 2.20. The van der Waals surface area contributed by atoms with Crippen LogP contribution in [-0.2, 0) is 0 Å². The van der Waals surface area contributed by atoms with E-state index in [0.29, 0.717) is 6.04 Å². The maximum atomic E-state index is 3.81. The molecule has 0 aromatic rings. The molecular weight excluding hydrogens is 214 g/mol. The van der Waals surface area contributed by atoms with Crippen LogP contribution in [0.5, 0.6) is 0 Å². The fraction of sp³-hybridized carbons (Fsp3) is 0.857. The van der Waals surface area contributed by atoms with E-state index >= 15 is 0 Å². The number of hydrogen-bond acceptors (Lipinski definition) is 2. The van der Waals surface area contributed by atoms with Gasteiger partial charge in [-0.1, -0.05) is 32.3 Å². The van der Waals surface area contributed by atoms with E-state index < -0.39 is 0 Å². The summed E-state index contributed by atoms with van der Waals surface area (Å²) in [5, 5.41) is 4.53. The van der Waals surface area contributed by atoms with Gasteiger partial charge in [-0.05, 0) is 32.2 Å². The van der Waals surface area contributed by atoms with Gasteiger partial charge in [-0.15, -0.1) is 6.58 Å². The Kier molecular flexibility index (Phi) is 8.04. The molecule has 0 heterocycles. The van der Waals surface area contributed by atoms with Gasteiger partial charge in [0.1, 0.15) is 0 Å². The average Bonchev–Trinajstić information content (AvgIpc) is 2.34.